The number of fused-ring (bicyclic) bond motifs is 1. The molecule has 0 spiro atoms. The summed E-state index contributed by atoms with van der Waals surface area (Å²) in [4.78, 5) is 34.6. The number of amides is 1. The average molecular weight is 457 g/mol. The van der Waals surface area contributed by atoms with Crippen molar-refractivity contribution in [1.29, 1.82) is 0 Å². The van der Waals surface area contributed by atoms with Gasteiger partial charge < -0.3 is 20.8 Å². The van der Waals surface area contributed by atoms with Crippen molar-refractivity contribution in [3.8, 4) is 0 Å². The number of anilines is 3. The molecule has 10 heteroatoms. The average Bonchev–Trinajstić information content (AvgIpc) is 3.15. The number of nitrogens with one attached hydrogen (secondary N) is 1. The molecule has 0 aliphatic carbocycles. The van der Waals surface area contributed by atoms with Gasteiger partial charge in [-0.05, 0) is 48.0 Å². The van der Waals surface area contributed by atoms with Crippen LogP contribution in [0, 0.1) is 0 Å². The van der Waals surface area contributed by atoms with Gasteiger partial charge in [0.15, 0.2) is 0 Å². The van der Waals surface area contributed by atoms with Crippen LogP contribution in [-0.4, -0.2) is 44.3 Å². The first-order valence-corrected chi connectivity index (χ1v) is 10.5. The maximum Gasteiger partial charge on any atom is 0.305 e. The molecule has 4 aromatic rings. The number of aryl methyl sites for hydroxylation is 1. The molecule has 0 atom stereocenters. The second-order valence-electron chi connectivity index (χ2n) is 7.51. The van der Waals surface area contributed by atoms with Crippen LogP contribution in [0.5, 0.6) is 0 Å². The van der Waals surface area contributed by atoms with Gasteiger partial charge in [-0.15, -0.1) is 0 Å². The first-order chi connectivity index (χ1) is 16.5. The van der Waals surface area contributed by atoms with Gasteiger partial charge in [0.2, 0.25) is 5.95 Å². The van der Waals surface area contributed by atoms with Crippen LogP contribution in [0.15, 0.2) is 72.0 Å². The molecule has 1 amide bonds. The SMILES string of the molecule is Cn1c(Nc2ccc(/C=N\N)cc2)nc2cc(C(=O)N(CCC(=O)O)c3ccccn3)ccc21. The Bertz CT molecular complexity index is 1350. The number of hydrogen-bond donors (Lipinski definition) is 3. The van der Waals surface area contributed by atoms with Crippen LogP contribution in [0.1, 0.15) is 22.3 Å². The molecule has 0 aliphatic heterocycles. The van der Waals surface area contributed by atoms with E-state index in [0.29, 0.717) is 22.8 Å². The molecule has 0 unspecified atom stereocenters. The fourth-order valence-corrected chi connectivity index (χ4v) is 3.51. The van der Waals surface area contributed by atoms with Crippen molar-refractivity contribution < 1.29 is 14.7 Å². The molecule has 2 aromatic heterocycles. The molecule has 0 saturated carbocycles. The van der Waals surface area contributed by atoms with Crippen molar-refractivity contribution in [2.24, 2.45) is 18.0 Å². The van der Waals surface area contributed by atoms with Gasteiger partial charge in [-0.2, -0.15) is 5.10 Å². The summed E-state index contributed by atoms with van der Waals surface area (Å²) < 4.78 is 1.89. The quantitative estimate of drug-likeness (QED) is 0.210. The third-order valence-corrected chi connectivity index (χ3v) is 5.24. The highest BCUT2D eigenvalue weighted by atomic mass is 16.4. The van der Waals surface area contributed by atoms with E-state index < -0.39 is 5.97 Å². The third-order valence-electron chi connectivity index (χ3n) is 5.24. The molecule has 4 rings (SSSR count). The van der Waals surface area contributed by atoms with E-state index in [-0.39, 0.29) is 18.9 Å². The standard InChI is InChI=1S/C24H23N7O3/c1-30-20-10-7-17(23(34)31(13-11-22(32)33)21-4-2-3-12-26-21)14-19(20)29-24(30)28-18-8-5-16(6-9-18)15-27-25/h2-10,12,14-15H,11,13,25H2,1H3,(H,28,29)(H,32,33)/b27-15-. The Morgan fingerprint density at radius 1 is 1.18 bits per heavy atom. The smallest absolute Gasteiger partial charge is 0.305 e. The maximum atomic E-state index is 13.3. The first-order valence-electron chi connectivity index (χ1n) is 10.5. The summed E-state index contributed by atoms with van der Waals surface area (Å²) in [7, 11) is 1.88. The summed E-state index contributed by atoms with van der Waals surface area (Å²) in [6.45, 7) is 0.00308. The van der Waals surface area contributed by atoms with Crippen LogP contribution in [0.4, 0.5) is 17.5 Å². The Balaban J connectivity index is 1.62. The highest BCUT2D eigenvalue weighted by Gasteiger charge is 2.21. The van der Waals surface area contributed by atoms with E-state index in [0.717, 1.165) is 16.8 Å². The highest BCUT2D eigenvalue weighted by molar-refractivity contribution is 6.07. The van der Waals surface area contributed by atoms with Crippen molar-refractivity contribution in [3.05, 3.63) is 78.0 Å². The Hall–Kier alpha value is -4.73. The van der Waals surface area contributed by atoms with Gasteiger partial charge >= 0.3 is 5.97 Å². The number of nitrogens with zero attached hydrogens (tertiary/aromatic N) is 5. The zero-order chi connectivity index (χ0) is 24.1. The topological polar surface area (TPSA) is 139 Å². The van der Waals surface area contributed by atoms with Crippen LogP contribution >= 0.6 is 0 Å². The normalized spacial score (nSPS) is 11.1. The van der Waals surface area contributed by atoms with E-state index in [4.69, 9.17) is 10.9 Å². The minimum atomic E-state index is -0.993. The summed E-state index contributed by atoms with van der Waals surface area (Å²) in [6.07, 6.45) is 2.92. The monoisotopic (exact) mass is 457 g/mol. The second kappa shape index (κ2) is 9.82. The predicted octanol–water partition coefficient (Wildman–Crippen LogP) is 3.13. The molecule has 172 valence electrons. The van der Waals surface area contributed by atoms with E-state index in [9.17, 15) is 9.59 Å². The number of carbonyl (C=O) groups excluding carboxylic acids is 1. The molecule has 2 aromatic carbocycles. The van der Waals surface area contributed by atoms with Crippen LogP contribution in [0.3, 0.4) is 0 Å². The molecule has 4 N–H and O–H groups in total. The van der Waals surface area contributed by atoms with Gasteiger partial charge in [-0.25, -0.2) is 9.97 Å². The van der Waals surface area contributed by atoms with Crippen LogP contribution in [-0.2, 0) is 11.8 Å². The Morgan fingerprint density at radius 2 is 1.97 bits per heavy atom. The van der Waals surface area contributed by atoms with Crippen molar-refractivity contribution in [3.63, 3.8) is 0 Å². The van der Waals surface area contributed by atoms with Gasteiger partial charge in [0, 0.05) is 31.0 Å². The van der Waals surface area contributed by atoms with Gasteiger partial charge in [0.1, 0.15) is 5.82 Å². The van der Waals surface area contributed by atoms with Crippen molar-refractivity contribution in [2.45, 2.75) is 6.42 Å². The minimum absolute atomic E-state index is 0.00308. The lowest BCUT2D eigenvalue weighted by Gasteiger charge is -2.21. The number of carboxylic acid groups (broad SMARTS) is 1. The molecule has 0 saturated heterocycles. The fourth-order valence-electron chi connectivity index (χ4n) is 3.51. The van der Waals surface area contributed by atoms with Gasteiger partial charge in [-0.3, -0.25) is 14.5 Å². The number of carboxylic acids is 1. The van der Waals surface area contributed by atoms with Gasteiger partial charge in [-0.1, -0.05) is 18.2 Å². The summed E-state index contributed by atoms with van der Waals surface area (Å²) >= 11 is 0. The summed E-state index contributed by atoms with van der Waals surface area (Å²) in [6, 6.07) is 17.9. The molecule has 10 nitrogen and oxygen atoms in total. The number of nitrogens with two attached hydrogens (primary N) is 1. The largest absolute Gasteiger partial charge is 0.481 e. The second-order valence-corrected chi connectivity index (χ2v) is 7.51. The van der Waals surface area contributed by atoms with E-state index in [1.165, 1.54) is 4.90 Å². The number of hydrogen-bond acceptors (Lipinski definition) is 7. The zero-order valence-corrected chi connectivity index (χ0v) is 18.4. The molecule has 0 radical (unpaired) electrons. The van der Waals surface area contributed by atoms with Gasteiger partial charge in [0.25, 0.3) is 5.91 Å². The molecular formula is C24H23N7O3. The van der Waals surface area contributed by atoms with Crippen LogP contribution < -0.4 is 16.1 Å². The predicted molar refractivity (Wildman–Crippen MR) is 130 cm³/mol. The van der Waals surface area contributed by atoms with E-state index in [1.54, 1.807) is 42.7 Å². The third kappa shape index (κ3) is 4.85. The van der Waals surface area contributed by atoms with E-state index in [2.05, 4.69) is 20.4 Å². The lowest BCUT2D eigenvalue weighted by molar-refractivity contribution is -0.136. The molecular weight excluding hydrogens is 434 g/mol. The molecule has 2 heterocycles. The van der Waals surface area contributed by atoms with E-state index >= 15 is 0 Å². The lowest BCUT2D eigenvalue weighted by Crippen LogP contribution is -2.33. The summed E-state index contributed by atoms with van der Waals surface area (Å²) in [5, 5.41) is 15.9. The molecule has 34 heavy (non-hydrogen) atoms. The molecule has 0 fully saturated rings. The van der Waals surface area contributed by atoms with Crippen molar-refractivity contribution in [1.82, 2.24) is 14.5 Å². The molecule has 0 aliphatic rings. The fraction of sp³-hybridized carbons (Fsp3) is 0.125. The van der Waals surface area contributed by atoms with Crippen molar-refractivity contribution >= 4 is 46.6 Å². The maximum absolute atomic E-state index is 13.3. The van der Waals surface area contributed by atoms with E-state index in [1.807, 2.05) is 41.9 Å². The van der Waals surface area contributed by atoms with Crippen molar-refractivity contribution in [2.75, 3.05) is 16.8 Å². The number of rotatable bonds is 8. The summed E-state index contributed by atoms with van der Waals surface area (Å²) in [5.74, 6) is 4.84. The number of carbonyl (C=O) groups is 2. The Morgan fingerprint density at radius 3 is 2.65 bits per heavy atom. The number of imidazole rings is 1. The number of benzene rings is 2. The number of aromatic nitrogens is 3. The first kappa shape index (κ1) is 22.5. The lowest BCUT2D eigenvalue weighted by atomic mass is 10.1. The van der Waals surface area contributed by atoms with Crippen LogP contribution in [0.25, 0.3) is 11.0 Å². The molecule has 0 bridgehead atoms. The highest BCUT2D eigenvalue weighted by Crippen LogP contribution is 2.24. The minimum Gasteiger partial charge on any atom is -0.481 e. The summed E-state index contributed by atoms with van der Waals surface area (Å²) in [5.41, 5.74) is 3.56. The number of hydrazone groups is 1. The Kier molecular flexibility index (Phi) is 6.49. The van der Waals surface area contributed by atoms with Gasteiger partial charge in [0.05, 0.1) is 23.7 Å². The zero-order valence-electron chi connectivity index (χ0n) is 18.4. The van der Waals surface area contributed by atoms with Crippen LogP contribution in [0.2, 0.25) is 0 Å². The Labute approximate surface area is 195 Å². The number of aliphatic carboxylic acids is 1. The number of pyridine rings is 1.